The predicted octanol–water partition coefficient (Wildman–Crippen LogP) is 4.22. The summed E-state index contributed by atoms with van der Waals surface area (Å²) in [6, 6.07) is 8.21. The second kappa shape index (κ2) is 7.86. The van der Waals surface area contributed by atoms with Gasteiger partial charge in [-0.2, -0.15) is 4.31 Å². The summed E-state index contributed by atoms with van der Waals surface area (Å²) in [6.07, 6.45) is 3.88. The number of carbonyl (C=O) groups is 1. The van der Waals surface area contributed by atoms with Crippen molar-refractivity contribution in [3.63, 3.8) is 0 Å². The molecule has 0 unspecified atom stereocenters. The Bertz CT molecular complexity index is 839. The maximum atomic E-state index is 12.8. The molecule has 0 aliphatic carbocycles. The first kappa shape index (κ1) is 18.4. The molecule has 1 amide bonds. The lowest BCUT2D eigenvalue weighted by Crippen LogP contribution is -2.31. The minimum atomic E-state index is -3.53. The van der Waals surface area contributed by atoms with Crippen LogP contribution in [0.15, 0.2) is 40.6 Å². The second-order valence-electron chi connectivity index (χ2n) is 5.93. The summed E-state index contributed by atoms with van der Waals surface area (Å²) in [5.41, 5.74) is 0.611. The molecule has 1 saturated heterocycles. The van der Waals surface area contributed by atoms with Crippen molar-refractivity contribution < 1.29 is 13.2 Å². The van der Waals surface area contributed by atoms with Crippen LogP contribution < -0.4 is 5.32 Å². The average Bonchev–Trinajstić information content (AvgIpc) is 2.93. The molecule has 1 aliphatic rings. The maximum absolute atomic E-state index is 12.8. The fourth-order valence-corrected chi connectivity index (χ4v) is 5.53. The van der Waals surface area contributed by atoms with E-state index in [2.05, 4.69) is 5.32 Å². The molecule has 3 rings (SSSR count). The van der Waals surface area contributed by atoms with E-state index >= 15 is 0 Å². The Hall–Kier alpha value is -1.41. The normalized spacial score (nSPS) is 16.4. The van der Waals surface area contributed by atoms with Gasteiger partial charge in [0.05, 0.1) is 9.77 Å². The Morgan fingerprint density at radius 1 is 1.08 bits per heavy atom. The first-order valence-corrected chi connectivity index (χ1v) is 10.8. The number of nitrogens with one attached hydrogen (secondary N) is 1. The Morgan fingerprint density at radius 3 is 2.36 bits per heavy atom. The molecule has 134 valence electrons. The highest BCUT2D eigenvalue weighted by Gasteiger charge is 2.27. The fraction of sp³-hybridized carbons (Fsp3) is 0.353. The number of benzene rings is 1. The third-order valence-electron chi connectivity index (χ3n) is 4.10. The number of sulfonamides is 1. The summed E-state index contributed by atoms with van der Waals surface area (Å²) < 4.78 is 27.0. The molecule has 1 aliphatic heterocycles. The van der Waals surface area contributed by atoms with Gasteiger partial charge in [0, 0.05) is 29.2 Å². The smallest absolute Gasteiger partial charge is 0.265 e. The minimum Gasteiger partial charge on any atom is -0.321 e. The van der Waals surface area contributed by atoms with E-state index in [1.54, 1.807) is 24.3 Å². The number of anilines is 1. The summed E-state index contributed by atoms with van der Waals surface area (Å²) in [5.74, 6) is -0.329. The standard InChI is InChI=1S/C17H19ClN2O3S2/c18-13-5-7-14(8-6-13)19-17(21)16-11-15(12-24-16)25(22,23)20-9-3-1-2-4-10-20/h5-8,11-12H,1-4,9-10H2,(H,19,21). The van der Waals surface area contributed by atoms with Crippen LogP contribution in [-0.2, 0) is 10.0 Å². The average molecular weight is 399 g/mol. The highest BCUT2D eigenvalue weighted by molar-refractivity contribution is 7.89. The van der Waals surface area contributed by atoms with Crippen LogP contribution in [0.1, 0.15) is 35.4 Å². The van der Waals surface area contributed by atoms with Crippen LogP contribution in [0, 0.1) is 0 Å². The highest BCUT2D eigenvalue weighted by Crippen LogP contribution is 2.25. The summed E-state index contributed by atoms with van der Waals surface area (Å²) in [4.78, 5) is 12.9. The molecule has 2 aromatic rings. The van der Waals surface area contributed by atoms with Gasteiger partial charge in [0.1, 0.15) is 0 Å². The second-order valence-corrected chi connectivity index (χ2v) is 9.21. The highest BCUT2D eigenvalue weighted by atomic mass is 35.5. The summed E-state index contributed by atoms with van der Waals surface area (Å²) in [7, 11) is -3.53. The van der Waals surface area contributed by atoms with Crippen molar-refractivity contribution in [2.24, 2.45) is 0 Å². The molecule has 1 aromatic carbocycles. The monoisotopic (exact) mass is 398 g/mol. The lowest BCUT2D eigenvalue weighted by Gasteiger charge is -2.18. The summed E-state index contributed by atoms with van der Waals surface area (Å²) >= 11 is 6.95. The number of carbonyl (C=O) groups excluding carboxylic acids is 1. The van der Waals surface area contributed by atoms with Crippen LogP contribution in [0.25, 0.3) is 0 Å². The molecule has 1 fully saturated rings. The van der Waals surface area contributed by atoms with Gasteiger partial charge in [-0.15, -0.1) is 11.3 Å². The number of hydrogen-bond donors (Lipinski definition) is 1. The van der Waals surface area contributed by atoms with E-state index in [0.29, 0.717) is 28.7 Å². The van der Waals surface area contributed by atoms with Gasteiger partial charge in [-0.3, -0.25) is 4.79 Å². The largest absolute Gasteiger partial charge is 0.321 e. The molecule has 0 bridgehead atoms. The van der Waals surface area contributed by atoms with Gasteiger partial charge < -0.3 is 5.32 Å². The molecule has 8 heteroatoms. The van der Waals surface area contributed by atoms with Crippen LogP contribution in [0.4, 0.5) is 5.69 Å². The van der Waals surface area contributed by atoms with E-state index in [1.165, 1.54) is 15.8 Å². The third-order valence-corrected chi connectivity index (χ3v) is 7.31. The van der Waals surface area contributed by atoms with Gasteiger partial charge >= 0.3 is 0 Å². The van der Waals surface area contributed by atoms with Crippen molar-refractivity contribution in [3.8, 4) is 0 Å². The maximum Gasteiger partial charge on any atom is 0.265 e. The van der Waals surface area contributed by atoms with Crippen LogP contribution >= 0.6 is 22.9 Å². The van der Waals surface area contributed by atoms with Gasteiger partial charge in [0.2, 0.25) is 10.0 Å². The van der Waals surface area contributed by atoms with Gasteiger partial charge in [-0.05, 0) is 43.2 Å². The number of halogens is 1. The molecule has 0 saturated carbocycles. The van der Waals surface area contributed by atoms with Crippen molar-refractivity contribution >= 4 is 44.6 Å². The van der Waals surface area contributed by atoms with Crippen molar-refractivity contribution in [2.45, 2.75) is 30.6 Å². The van der Waals surface area contributed by atoms with Crippen molar-refractivity contribution in [2.75, 3.05) is 18.4 Å². The molecule has 2 heterocycles. The van der Waals surface area contributed by atoms with Crippen LogP contribution in [0.3, 0.4) is 0 Å². The lowest BCUT2D eigenvalue weighted by molar-refractivity contribution is 0.103. The van der Waals surface area contributed by atoms with Gasteiger partial charge in [-0.1, -0.05) is 24.4 Å². The third kappa shape index (κ3) is 4.41. The molecule has 5 nitrogen and oxygen atoms in total. The number of thiophene rings is 1. The summed E-state index contributed by atoms with van der Waals surface area (Å²) in [5, 5.41) is 4.87. The van der Waals surface area contributed by atoms with Gasteiger partial charge in [0.25, 0.3) is 5.91 Å². The predicted molar refractivity (Wildman–Crippen MR) is 101 cm³/mol. The molecule has 0 atom stereocenters. The Labute approximate surface area is 156 Å². The van der Waals surface area contributed by atoms with E-state index in [4.69, 9.17) is 11.6 Å². The number of nitrogens with zero attached hydrogens (tertiary/aromatic N) is 1. The first-order valence-electron chi connectivity index (χ1n) is 8.12. The lowest BCUT2D eigenvalue weighted by atomic mass is 10.2. The quantitative estimate of drug-likeness (QED) is 0.838. The van der Waals surface area contributed by atoms with E-state index < -0.39 is 10.0 Å². The SMILES string of the molecule is O=C(Nc1ccc(Cl)cc1)c1cc(S(=O)(=O)N2CCCCCC2)cs1. The first-order chi connectivity index (χ1) is 12.0. The molecule has 1 aromatic heterocycles. The van der Waals surface area contributed by atoms with E-state index in [1.807, 2.05) is 0 Å². The van der Waals surface area contributed by atoms with Crippen molar-refractivity contribution in [3.05, 3.63) is 45.6 Å². The van der Waals surface area contributed by atoms with Crippen molar-refractivity contribution in [1.82, 2.24) is 4.31 Å². The van der Waals surface area contributed by atoms with E-state index in [-0.39, 0.29) is 10.8 Å². The van der Waals surface area contributed by atoms with E-state index in [9.17, 15) is 13.2 Å². The van der Waals surface area contributed by atoms with E-state index in [0.717, 1.165) is 37.0 Å². The van der Waals surface area contributed by atoms with Gasteiger partial charge in [0.15, 0.2) is 0 Å². The Balaban J connectivity index is 1.74. The Kier molecular flexibility index (Phi) is 5.78. The van der Waals surface area contributed by atoms with Crippen LogP contribution in [-0.4, -0.2) is 31.7 Å². The summed E-state index contributed by atoms with van der Waals surface area (Å²) in [6.45, 7) is 1.09. The molecule has 0 radical (unpaired) electrons. The zero-order chi connectivity index (χ0) is 17.9. The number of amides is 1. The molecule has 1 N–H and O–H groups in total. The Morgan fingerprint density at radius 2 is 1.72 bits per heavy atom. The molecule has 25 heavy (non-hydrogen) atoms. The molecular weight excluding hydrogens is 380 g/mol. The molecule has 0 spiro atoms. The minimum absolute atomic E-state index is 0.195. The zero-order valence-electron chi connectivity index (χ0n) is 13.6. The number of hydrogen-bond acceptors (Lipinski definition) is 4. The topological polar surface area (TPSA) is 66.5 Å². The fourth-order valence-electron chi connectivity index (χ4n) is 2.73. The zero-order valence-corrected chi connectivity index (χ0v) is 16.0. The van der Waals surface area contributed by atoms with Crippen LogP contribution in [0.2, 0.25) is 5.02 Å². The number of rotatable bonds is 4. The van der Waals surface area contributed by atoms with Crippen molar-refractivity contribution in [1.29, 1.82) is 0 Å². The molecular formula is C17H19ClN2O3S2. The van der Waals surface area contributed by atoms with Crippen LogP contribution in [0.5, 0.6) is 0 Å². The van der Waals surface area contributed by atoms with Gasteiger partial charge in [-0.25, -0.2) is 8.42 Å².